The number of thiazole rings is 1. The summed E-state index contributed by atoms with van der Waals surface area (Å²) in [6.45, 7) is 3.94. The first-order valence-corrected chi connectivity index (χ1v) is 12.9. The number of amidine groups is 1. The normalized spacial score (nSPS) is 16.2. The van der Waals surface area contributed by atoms with E-state index in [0.29, 0.717) is 27.4 Å². The molecular weight excluding hydrogens is 496 g/mol. The summed E-state index contributed by atoms with van der Waals surface area (Å²) in [6, 6.07) is 14.9. The Kier molecular flexibility index (Phi) is 6.59. The van der Waals surface area contributed by atoms with Crippen molar-refractivity contribution < 1.29 is 19.1 Å². The molecule has 5 rings (SSSR count). The fraction of sp³-hybridized carbons (Fsp3) is 0.192. The Labute approximate surface area is 215 Å². The molecule has 0 bridgehead atoms. The highest BCUT2D eigenvalue weighted by atomic mass is 32.2. The van der Waals surface area contributed by atoms with Gasteiger partial charge in [0.25, 0.3) is 5.91 Å². The van der Waals surface area contributed by atoms with Crippen LogP contribution in [0.3, 0.4) is 0 Å². The summed E-state index contributed by atoms with van der Waals surface area (Å²) >= 11 is 2.42. The van der Waals surface area contributed by atoms with Crippen LogP contribution in [-0.2, 0) is 9.59 Å². The molecule has 10 heteroatoms. The number of amides is 1. The molecule has 0 saturated carbocycles. The zero-order chi connectivity index (χ0) is 25.2. The van der Waals surface area contributed by atoms with Gasteiger partial charge in [-0.1, -0.05) is 35.5 Å². The third kappa shape index (κ3) is 4.76. The largest absolute Gasteiger partial charge is 0.454 e. The first-order valence-electron chi connectivity index (χ1n) is 11.0. The minimum absolute atomic E-state index is 0.0252. The summed E-state index contributed by atoms with van der Waals surface area (Å²) in [6.07, 6.45) is 1.68. The van der Waals surface area contributed by atoms with E-state index in [1.54, 1.807) is 18.2 Å². The zero-order valence-electron chi connectivity index (χ0n) is 19.4. The first kappa shape index (κ1) is 23.8. The fourth-order valence-electron chi connectivity index (χ4n) is 3.66. The molecule has 1 amide bonds. The van der Waals surface area contributed by atoms with E-state index in [0.717, 1.165) is 28.6 Å². The molecule has 36 heavy (non-hydrogen) atoms. The lowest BCUT2D eigenvalue weighted by Crippen LogP contribution is -2.31. The Morgan fingerprint density at radius 1 is 1.22 bits per heavy atom. The number of hydrogen-bond donors (Lipinski definition) is 0. The van der Waals surface area contributed by atoms with Crippen LogP contribution in [-0.4, -0.2) is 34.4 Å². The van der Waals surface area contributed by atoms with Crippen molar-refractivity contribution in [3.05, 3.63) is 75.4 Å². The van der Waals surface area contributed by atoms with Crippen LogP contribution in [0.5, 0.6) is 11.5 Å². The Balaban J connectivity index is 1.42. The monoisotopic (exact) mass is 516 g/mol. The second-order valence-corrected chi connectivity index (χ2v) is 9.99. The molecule has 0 aliphatic carbocycles. The van der Waals surface area contributed by atoms with E-state index in [-0.39, 0.29) is 29.9 Å². The molecule has 3 heterocycles. The van der Waals surface area contributed by atoms with E-state index in [2.05, 4.69) is 16.0 Å². The Hall–Kier alpha value is -3.94. The quantitative estimate of drug-likeness (QED) is 0.432. The average molecular weight is 517 g/mol. The summed E-state index contributed by atoms with van der Waals surface area (Å²) in [7, 11) is 0. The number of ketones is 1. The molecule has 180 valence electrons. The molecule has 0 spiro atoms. The number of carbonyl (C=O) groups is 2. The van der Waals surface area contributed by atoms with Crippen molar-refractivity contribution in [2.45, 2.75) is 19.8 Å². The van der Waals surface area contributed by atoms with Gasteiger partial charge < -0.3 is 9.47 Å². The van der Waals surface area contributed by atoms with Crippen molar-refractivity contribution in [3.63, 3.8) is 0 Å². The van der Waals surface area contributed by atoms with Gasteiger partial charge in [0.15, 0.2) is 28.4 Å². The second-order valence-electron chi connectivity index (χ2n) is 8.16. The van der Waals surface area contributed by atoms with E-state index in [9.17, 15) is 14.9 Å². The number of thioether (sulfide) groups is 1. The molecule has 1 unspecified atom stereocenters. The molecule has 0 fully saturated rings. The van der Waals surface area contributed by atoms with Gasteiger partial charge in [0.1, 0.15) is 10.7 Å². The number of Topliss-reactive ketones (excluding diaryl/α,β-unsaturated/α-hetero) is 1. The van der Waals surface area contributed by atoms with Gasteiger partial charge in [-0.15, -0.1) is 11.3 Å². The summed E-state index contributed by atoms with van der Waals surface area (Å²) in [5, 5.41) is 12.2. The molecule has 0 N–H and O–H groups in total. The lowest BCUT2D eigenvalue weighted by molar-refractivity contribution is -0.117. The van der Waals surface area contributed by atoms with E-state index < -0.39 is 5.92 Å². The second kappa shape index (κ2) is 9.97. The van der Waals surface area contributed by atoms with Gasteiger partial charge in [-0.25, -0.2) is 9.98 Å². The topological polar surface area (TPSA) is 105 Å². The molecule has 2 aliphatic rings. The van der Waals surface area contributed by atoms with Crippen LogP contribution in [0.25, 0.3) is 6.08 Å². The Morgan fingerprint density at radius 2 is 2.00 bits per heavy atom. The van der Waals surface area contributed by atoms with Crippen LogP contribution in [0.4, 0.5) is 5.69 Å². The number of aryl methyl sites for hydroxylation is 2. The van der Waals surface area contributed by atoms with Gasteiger partial charge >= 0.3 is 0 Å². The van der Waals surface area contributed by atoms with Gasteiger partial charge in [-0.05, 0) is 49.8 Å². The molecule has 2 aromatic carbocycles. The highest BCUT2D eigenvalue weighted by Gasteiger charge is 2.33. The van der Waals surface area contributed by atoms with Crippen molar-refractivity contribution in [2.75, 3.05) is 17.4 Å². The van der Waals surface area contributed by atoms with Crippen LogP contribution < -0.4 is 14.4 Å². The molecule has 0 radical (unpaired) electrons. The van der Waals surface area contributed by atoms with Crippen LogP contribution in [0, 0.1) is 25.2 Å². The summed E-state index contributed by atoms with van der Waals surface area (Å²) in [5.74, 6) is -0.317. The van der Waals surface area contributed by atoms with Crippen LogP contribution in [0.1, 0.15) is 27.7 Å². The van der Waals surface area contributed by atoms with Crippen LogP contribution in [0.2, 0.25) is 0 Å². The smallest absolute Gasteiger partial charge is 0.283 e. The van der Waals surface area contributed by atoms with Crippen molar-refractivity contribution in [3.8, 4) is 17.6 Å². The summed E-state index contributed by atoms with van der Waals surface area (Å²) in [5.41, 5.74) is 3.44. The number of aromatic nitrogens is 1. The summed E-state index contributed by atoms with van der Waals surface area (Å²) < 4.78 is 10.8. The minimum Gasteiger partial charge on any atom is -0.454 e. The molecule has 3 aromatic rings. The first-order chi connectivity index (χ1) is 17.4. The van der Waals surface area contributed by atoms with Gasteiger partial charge in [-0.2, -0.15) is 5.26 Å². The number of nitrogens with zero attached hydrogens (tertiary/aromatic N) is 4. The predicted molar refractivity (Wildman–Crippen MR) is 139 cm³/mol. The maximum Gasteiger partial charge on any atom is 0.283 e. The number of ether oxygens (including phenoxy) is 2. The Morgan fingerprint density at radius 3 is 2.72 bits per heavy atom. The molecule has 2 aliphatic heterocycles. The highest BCUT2D eigenvalue weighted by Crippen LogP contribution is 2.35. The van der Waals surface area contributed by atoms with Crippen molar-refractivity contribution >= 4 is 51.7 Å². The van der Waals surface area contributed by atoms with Gasteiger partial charge in [0, 0.05) is 11.1 Å². The van der Waals surface area contributed by atoms with Gasteiger partial charge in [-0.3, -0.25) is 14.5 Å². The van der Waals surface area contributed by atoms with E-state index in [4.69, 9.17) is 9.47 Å². The maximum absolute atomic E-state index is 13.4. The molecule has 1 aromatic heterocycles. The standard InChI is InChI=1S/C26H20N4O4S2/c1-15-3-6-18(7-4-15)30-25(32)20(9-17-5-8-22-23(10-17)34-14-33-22)29-26(30)36-13-21(31)19(11-27)24-28-16(2)12-35-24/h3-10,12,19H,13-14H2,1-2H3/b20-9-. The van der Waals surface area contributed by atoms with E-state index in [1.807, 2.05) is 49.6 Å². The SMILES string of the molecule is Cc1ccc(N2C(=O)/C(=C/c3ccc4c(c3)OCO4)N=C2SCC(=O)C(C#N)c2nc(C)cs2)cc1. The number of hydrogen-bond acceptors (Lipinski definition) is 9. The Bertz CT molecular complexity index is 1450. The van der Waals surface area contributed by atoms with Crippen LogP contribution >= 0.6 is 23.1 Å². The molecular formula is C26H20N4O4S2. The molecule has 8 nitrogen and oxygen atoms in total. The van der Waals surface area contributed by atoms with Crippen molar-refractivity contribution in [1.29, 1.82) is 5.26 Å². The third-order valence-electron chi connectivity index (χ3n) is 5.50. The predicted octanol–water partition coefficient (Wildman–Crippen LogP) is 4.84. The highest BCUT2D eigenvalue weighted by molar-refractivity contribution is 8.14. The summed E-state index contributed by atoms with van der Waals surface area (Å²) in [4.78, 5) is 36.7. The minimum atomic E-state index is -0.953. The zero-order valence-corrected chi connectivity index (χ0v) is 21.1. The van der Waals surface area contributed by atoms with E-state index in [1.165, 1.54) is 16.2 Å². The van der Waals surface area contributed by atoms with Crippen LogP contribution in [0.15, 0.2) is 58.5 Å². The number of benzene rings is 2. The average Bonchev–Trinajstić information content (AvgIpc) is 3.58. The van der Waals surface area contributed by atoms with Crippen molar-refractivity contribution in [2.24, 2.45) is 4.99 Å². The number of anilines is 1. The lowest BCUT2D eigenvalue weighted by Gasteiger charge is -2.18. The number of rotatable bonds is 6. The number of nitriles is 1. The number of aliphatic imine (C=N–C) groups is 1. The lowest BCUT2D eigenvalue weighted by atomic mass is 10.1. The number of carbonyl (C=O) groups excluding carboxylic acids is 2. The molecule has 0 saturated heterocycles. The van der Waals surface area contributed by atoms with Gasteiger partial charge in [0.05, 0.1) is 17.5 Å². The van der Waals surface area contributed by atoms with Gasteiger partial charge in [0.2, 0.25) is 6.79 Å². The van der Waals surface area contributed by atoms with Crippen molar-refractivity contribution in [1.82, 2.24) is 4.98 Å². The maximum atomic E-state index is 13.4. The van der Waals surface area contributed by atoms with E-state index >= 15 is 0 Å². The molecule has 1 atom stereocenters. The fourth-order valence-corrected chi connectivity index (χ4v) is 5.44. The third-order valence-corrected chi connectivity index (χ3v) is 7.49. The number of fused-ring (bicyclic) bond motifs is 1.